The van der Waals surface area contributed by atoms with Gasteiger partial charge in [0, 0.05) is 0 Å². The van der Waals surface area contributed by atoms with Gasteiger partial charge in [0.25, 0.3) is 0 Å². The SMILES string of the molecule is [2H]C=CC[C@H](O)[C@H](O)[C@@H](O)[C@H](O)[C@H](O)CO. The van der Waals surface area contributed by atoms with Gasteiger partial charge >= 0.3 is 0 Å². The Balaban J connectivity index is 4.29. The number of aliphatic hydroxyl groups is 6. The minimum absolute atomic E-state index is 0.0658. The summed E-state index contributed by atoms with van der Waals surface area (Å²) in [5, 5.41) is 54.8. The van der Waals surface area contributed by atoms with E-state index in [1.54, 1.807) is 0 Å². The normalized spacial score (nSPS) is 23.2. The molecule has 0 heterocycles. The molecule has 0 radical (unpaired) electrons. The molecule has 0 saturated heterocycles. The molecule has 6 heteroatoms. The molecule has 0 aliphatic heterocycles. The predicted molar refractivity (Wildman–Crippen MR) is 51.9 cm³/mol. The fraction of sp³-hybridized carbons (Fsp3) is 0.778. The van der Waals surface area contributed by atoms with Gasteiger partial charge in [-0.25, -0.2) is 0 Å². The fourth-order valence-electron chi connectivity index (χ4n) is 1.04. The van der Waals surface area contributed by atoms with Gasteiger partial charge in [-0.05, 0) is 6.42 Å². The summed E-state index contributed by atoms with van der Waals surface area (Å²) < 4.78 is 6.67. The fourth-order valence-corrected chi connectivity index (χ4v) is 1.04. The Morgan fingerprint density at radius 1 is 1.00 bits per heavy atom. The highest BCUT2D eigenvalue weighted by atomic mass is 16.4. The van der Waals surface area contributed by atoms with E-state index in [2.05, 4.69) is 0 Å². The van der Waals surface area contributed by atoms with Crippen molar-refractivity contribution < 1.29 is 32.0 Å². The Morgan fingerprint density at radius 2 is 1.53 bits per heavy atom. The van der Waals surface area contributed by atoms with Gasteiger partial charge in [-0.2, -0.15) is 0 Å². The van der Waals surface area contributed by atoms with Crippen LogP contribution in [0.15, 0.2) is 12.6 Å². The minimum Gasteiger partial charge on any atom is -0.394 e. The van der Waals surface area contributed by atoms with Crippen LogP contribution in [-0.4, -0.2) is 67.8 Å². The second kappa shape index (κ2) is 6.89. The lowest BCUT2D eigenvalue weighted by Gasteiger charge is -2.28. The topological polar surface area (TPSA) is 121 Å². The lowest BCUT2D eigenvalue weighted by atomic mass is 9.98. The summed E-state index contributed by atoms with van der Waals surface area (Å²) in [6.07, 6.45) is -6.97. The van der Waals surface area contributed by atoms with Crippen molar-refractivity contribution in [3.8, 4) is 0 Å². The van der Waals surface area contributed by atoms with E-state index in [-0.39, 0.29) is 6.42 Å². The van der Waals surface area contributed by atoms with Crippen LogP contribution in [0.2, 0.25) is 0 Å². The zero-order valence-corrected chi connectivity index (χ0v) is 8.14. The third-order valence-corrected chi connectivity index (χ3v) is 2.05. The zero-order valence-electron chi connectivity index (χ0n) is 9.14. The number of rotatable bonds is 7. The first-order chi connectivity index (χ1) is 7.45. The largest absolute Gasteiger partial charge is 0.394 e. The van der Waals surface area contributed by atoms with Crippen LogP contribution in [0.5, 0.6) is 0 Å². The van der Waals surface area contributed by atoms with Crippen LogP contribution < -0.4 is 0 Å². The van der Waals surface area contributed by atoms with Crippen LogP contribution in [0, 0.1) is 0 Å². The molecule has 0 rings (SSSR count). The molecule has 6 N–H and O–H groups in total. The number of aliphatic hydroxyl groups excluding tert-OH is 6. The summed E-state index contributed by atoms with van der Waals surface area (Å²) in [4.78, 5) is 0. The lowest BCUT2D eigenvalue weighted by Crippen LogP contribution is -2.49. The van der Waals surface area contributed by atoms with E-state index in [4.69, 9.17) is 11.6 Å². The van der Waals surface area contributed by atoms with Crippen molar-refractivity contribution in [2.45, 2.75) is 36.9 Å². The summed E-state index contributed by atoms with van der Waals surface area (Å²) in [5.41, 5.74) is 0. The molecule has 0 aromatic heterocycles. The van der Waals surface area contributed by atoms with Gasteiger partial charge in [0.15, 0.2) is 0 Å². The molecule has 0 fully saturated rings. The van der Waals surface area contributed by atoms with E-state index in [9.17, 15) is 20.4 Å². The average Bonchev–Trinajstić information content (AvgIpc) is 2.31. The van der Waals surface area contributed by atoms with E-state index >= 15 is 0 Å². The van der Waals surface area contributed by atoms with E-state index in [0.717, 1.165) is 6.55 Å². The Labute approximate surface area is 89.1 Å². The first kappa shape index (κ1) is 12.6. The molecule has 0 unspecified atom stereocenters. The number of hydrogen-bond donors (Lipinski definition) is 6. The van der Waals surface area contributed by atoms with Crippen LogP contribution in [-0.2, 0) is 0 Å². The van der Waals surface area contributed by atoms with Crippen molar-refractivity contribution in [1.82, 2.24) is 0 Å². The molecule has 0 amide bonds. The minimum atomic E-state index is -1.78. The van der Waals surface area contributed by atoms with E-state index in [1.165, 1.54) is 6.08 Å². The van der Waals surface area contributed by atoms with Crippen molar-refractivity contribution in [3.05, 3.63) is 12.6 Å². The molecule has 0 aromatic rings. The van der Waals surface area contributed by atoms with Crippen LogP contribution in [0.4, 0.5) is 0 Å². The maximum Gasteiger partial charge on any atom is 0.111 e. The standard InChI is InChI=1S/C9H18O6/c1-2-3-5(11)7(13)9(15)8(14)6(12)4-10/h2,5-15H,1,3-4H2/t5-,6+,7-,8+,9+/m0/s1/i1D. The van der Waals surface area contributed by atoms with Crippen molar-refractivity contribution >= 4 is 0 Å². The summed E-state index contributed by atoms with van der Waals surface area (Å²) in [6, 6.07) is 0. The van der Waals surface area contributed by atoms with Crippen LogP contribution in [0.1, 0.15) is 7.79 Å². The van der Waals surface area contributed by atoms with Crippen molar-refractivity contribution in [3.63, 3.8) is 0 Å². The van der Waals surface area contributed by atoms with Gasteiger partial charge in [-0.3, -0.25) is 0 Å². The molecule has 0 bridgehead atoms. The van der Waals surface area contributed by atoms with Gasteiger partial charge in [0.2, 0.25) is 0 Å². The maximum atomic E-state index is 9.38. The van der Waals surface area contributed by atoms with E-state index < -0.39 is 37.1 Å². The lowest BCUT2D eigenvalue weighted by molar-refractivity contribution is -0.139. The molecule has 5 atom stereocenters. The third-order valence-electron chi connectivity index (χ3n) is 2.05. The molecule has 0 spiro atoms. The Hall–Kier alpha value is -0.500. The predicted octanol–water partition coefficient (Wildman–Crippen LogP) is -2.64. The molecule has 15 heavy (non-hydrogen) atoms. The van der Waals surface area contributed by atoms with E-state index in [1.807, 2.05) is 0 Å². The highest BCUT2D eigenvalue weighted by Crippen LogP contribution is 2.10. The number of hydrogen-bond acceptors (Lipinski definition) is 6. The zero-order chi connectivity index (χ0) is 12.7. The van der Waals surface area contributed by atoms with Crippen molar-refractivity contribution in [2.24, 2.45) is 0 Å². The second-order valence-electron chi connectivity index (χ2n) is 3.26. The molecular weight excluding hydrogens is 204 g/mol. The monoisotopic (exact) mass is 223 g/mol. The Kier molecular flexibility index (Phi) is 5.77. The van der Waals surface area contributed by atoms with Gasteiger partial charge in [-0.15, -0.1) is 6.55 Å². The highest BCUT2D eigenvalue weighted by molar-refractivity contribution is 4.87. The van der Waals surface area contributed by atoms with Crippen LogP contribution in [0.3, 0.4) is 0 Å². The summed E-state index contributed by atoms with van der Waals surface area (Å²) in [5.74, 6) is 0. The smallest absolute Gasteiger partial charge is 0.111 e. The third kappa shape index (κ3) is 4.25. The first-order valence-electron chi connectivity index (χ1n) is 5.08. The second-order valence-corrected chi connectivity index (χ2v) is 3.26. The molecule has 6 nitrogen and oxygen atoms in total. The molecule has 0 aliphatic carbocycles. The summed E-state index contributed by atoms with van der Waals surface area (Å²) in [6.45, 7) is 0.148. The maximum absolute atomic E-state index is 9.38. The molecule has 90 valence electrons. The first-order valence-corrected chi connectivity index (χ1v) is 4.50. The summed E-state index contributed by atoms with van der Waals surface area (Å²) in [7, 11) is 0. The van der Waals surface area contributed by atoms with Gasteiger partial charge in [0.1, 0.15) is 24.4 Å². The van der Waals surface area contributed by atoms with Crippen molar-refractivity contribution in [2.75, 3.05) is 6.61 Å². The molecule has 0 aromatic carbocycles. The summed E-state index contributed by atoms with van der Waals surface area (Å²) >= 11 is 0. The van der Waals surface area contributed by atoms with Crippen LogP contribution in [0.25, 0.3) is 0 Å². The van der Waals surface area contributed by atoms with E-state index in [0.29, 0.717) is 0 Å². The van der Waals surface area contributed by atoms with Gasteiger partial charge < -0.3 is 30.6 Å². The Bertz CT molecular complexity index is 212. The van der Waals surface area contributed by atoms with Gasteiger partial charge in [0.05, 0.1) is 14.1 Å². The molecular formula is C9H18O6. The van der Waals surface area contributed by atoms with Gasteiger partial charge in [-0.1, -0.05) is 6.08 Å². The van der Waals surface area contributed by atoms with Crippen molar-refractivity contribution in [1.29, 1.82) is 0 Å². The molecule has 0 saturated carbocycles. The molecule has 0 aliphatic rings. The highest BCUT2D eigenvalue weighted by Gasteiger charge is 2.33. The quantitative estimate of drug-likeness (QED) is 0.262. The van der Waals surface area contributed by atoms with Crippen LogP contribution >= 0.6 is 0 Å². The average molecular weight is 223 g/mol. The Morgan fingerprint density at radius 3 is 2.00 bits per heavy atom.